The van der Waals surface area contributed by atoms with Gasteiger partial charge in [-0.15, -0.1) is 0 Å². The fourth-order valence-corrected chi connectivity index (χ4v) is 3.94. The number of ether oxygens (including phenoxy) is 1. The van der Waals surface area contributed by atoms with Crippen LogP contribution in [0.3, 0.4) is 0 Å². The Morgan fingerprint density at radius 3 is 2.28 bits per heavy atom. The number of imide groups is 1. The maximum Gasteiger partial charge on any atom is 0.303 e. The van der Waals surface area contributed by atoms with Crippen LogP contribution in [0.4, 0.5) is 5.69 Å². The highest BCUT2D eigenvalue weighted by atomic mass is 16.5. The third-order valence-corrected chi connectivity index (χ3v) is 5.78. The molecule has 0 atom stereocenters. The fourth-order valence-electron chi connectivity index (χ4n) is 3.94. The molecular weight excluding hydrogens is 460 g/mol. The fraction of sp³-hybridized carbons (Fsp3) is 0.214. The zero-order valence-electron chi connectivity index (χ0n) is 19.6. The van der Waals surface area contributed by atoms with Gasteiger partial charge in [-0.25, -0.2) is 0 Å². The average Bonchev–Trinajstić information content (AvgIpc) is 3.09. The summed E-state index contributed by atoms with van der Waals surface area (Å²) in [5.41, 5.74) is 2.69. The molecule has 1 heterocycles. The van der Waals surface area contributed by atoms with Crippen LogP contribution in [0.1, 0.15) is 51.1 Å². The van der Waals surface area contributed by atoms with Crippen LogP contribution in [-0.4, -0.2) is 40.3 Å². The summed E-state index contributed by atoms with van der Waals surface area (Å²) in [6.07, 6.45) is 1.46. The van der Waals surface area contributed by atoms with Crippen molar-refractivity contribution in [1.82, 2.24) is 4.90 Å². The molecule has 0 aromatic heterocycles. The van der Waals surface area contributed by atoms with Gasteiger partial charge in [0.05, 0.1) is 30.7 Å². The number of nitrogens with one attached hydrogen (secondary N) is 1. The monoisotopic (exact) mass is 486 g/mol. The number of unbranched alkanes of at least 4 members (excludes halogenated alkanes) is 1. The molecule has 3 amide bonds. The van der Waals surface area contributed by atoms with E-state index in [-0.39, 0.29) is 42.7 Å². The number of aliphatic carboxylic acids is 1. The van der Waals surface area contributed by atoms with Gasteiger partial charge in [0.15, 0.2) is 0 Å². The minimum Gasteiger partial charge on any atom is -0.494 e. The number of carbonyl (C=O) groups is 4. The first-order valence-electron chi connectivity index (χ1n) is 11.7. The van der Waals surface area contributed by atoms with Crippen LogP contribution in [0.5, 0.6) is 5.75 Å². The number of carboxylic acid groups (broad SMARTS) is 1. The summed E-state index contributed by atoms with van der Waals surface area (Å²) in [6.45, 7) is 0.617. The molecule has 8 heteroatoms. The molecule has 36 heavy (non-hydrogen) atoms. The standard InChI is InChI=1S/C28H26N2O6/c31-25(16-19-9-12-22(13-10-19)36-15-5-4-8-26(32)33)29-21-11-14-23-24(17-21)28(35)30(27(23)34)18-20-6-2-1-3-7-20/h1-3,6-7,9-14,17H,4-5,8,15-16,18H2,(H,29,31)(H,32,33). The molecular formula is C28H26N2O6. The van der Waals surface area contributed by atoms with Gasteiger partial charge in [0.2, 0.25) is 5.91 Å². The molecule has 2 N–H and O–H groups in total. The quantitative estimate of drug-likeness (QED) is 0.309. The normalized spacial score (nSPS) is 12.4. The van der Waals surface area contributed by atoms with Crippen LogP contribution in [0.2, 0.25) is 0 Å². The summed E-state index contributed by atoms with van der Waals surface area (Å²) >= 11 is 0. The number of carboxylic acids is 1. The number of carbonyl (C=O) groups excluding carboxylic acids is 3. The summed E-state index contributed by atoms with van der Waals surface area (Å²) in [5.74, 6) is -1.15. The van der Waals surface area contributed by atoms with E-state index in [2.05, 4.69) is 5.32 Å². The first-order valence-corrected chi connectivity index (χ1v) is 11.7. The van der Waals surface area contributed by atoms with Gasteiger partial charge >= 0.3 is 5.97 Å². The van der Waals surface area contributed by atoms with Gasteiger partial charge in [-0.2, -0.15) is 0 Å². The maximum atomic E-state index is 12.9. The lowest BCUT2D eigenvalue weighted by molar-refractivity contribution is -0.137. The molecule has 1 aliphatic heterocycles. The van der Waals surface area contributed by atoms with E-state index in [4.69, 9.17) is 9.84 Å². The molecule has 0 spiro atoms. The van der Waals surface area contributed by atoms with Crippen molar-refractivity contribution < 1.29 is 29.0 Å². The Labute approximate surface area is 208 Å². The maximum absolute atomic E-state index is 12.9. The van der Waals surface area contributed by atoms with Crippen molar-refractivity contribution in [2.75, 3.05) is 11.9 Å². The van der Waals surface area contributed by atoms with Gasteiger partial charge in [-0.1, -0.05) is 42.5 Å². The smallest absolute Gasteiger partial charge is 0.303 e. The van der Waals surface area contributed by atoms with Gasteiger partial charge in [0.1, 0.15) is 5.75 Å². The number of amides is 3. The number of benzene rings is 3. The molecule has 3 aromatic rings. The van der Waals surface area contributed by atoms with Gasteiger partial charge < -0.3 is 15.2 Å². The summed E-state index contributed by atoms with van der Waals surface area (Å²) in [5, 5.41) is 11.4. The SMILES string of the molecule is O=C(O)CCCCOc1ccc(CC(=O)Nc2ccc3c(c2)C(=O)N(Cc2ccccc2)C3=O)cc1. The van der Waals surface area contributed by atoms with Crippen molar-refractivity contribution >= 4 is 29.4 Å². The van der Waals surface area contributed by atoms with Gasteiger partial charge in [0.25, 0.3) is 11.8 Å². The van der Waals surface area contributed by atoms with Crippen LogP contribution >= 0.6 is 0 Å². The Balaban J connectivity index is 1.31. The van der Waals surface area contributed by atoms with Gasteiger partial charge in [-0.05, 0) is 54.3 Å². The second kappa shape index (κ2) is 11.3. The third kappa shape index (κ3) is 6.15. The van der Waals surface area contributed by atoms with Crippen molar-refractivity contribution in [3.8, 4) is 5.75 Å². The molecule has 8 nitrogen and oxygen atoms in total. The van der Waals surface area contributed by atoms with Crippen molar-refractivity contribution in [3.05, 3.63) is 95.1 Å². The molecule has 0 bridgehead atoms. The Morgan fingerprint density at radius 2 is 1.56 bits per heavy atom. The second-order valence-electron chi connectivity index (χ2n) is 8.51. The zero-order valence-corrected chi connectivity index (χ0v) is 19.6. The molecule has 0 saturated carbocycles. The predicted molar refractivity (Wildman–Crippen MR) is 133 cm³/mol. The number of rotatable bonds is 11. The lowest BCUT2D eigenvalue weighted by Crippen LogP contribution is -2.29. The van der Waals surface area contributed by atoms with E-state index >= 15 is 0 Å². The van der Waals surface area contributed by atoms with Crippen molar-refractivity contribution in [2.45, 2.75) is 32.2 Å². The van der Waals surface area contributed by atoms with Crippen molar-refractivity contribution in [3.63, 3.8) is 0 Å². The first-order chi connectivity index (χ1) is 17.4. The zero-order chi connectivity index (χ0) is 25.5. The summed E-state index contributed by atoms with van der Waals surface area (Å²) < 4.78 is 5.59. The number of hydrogen-bond donors (Lipinski definition) is 2. The molecule has 1 aliphatic rings. The highest BCUT2D eigenvalue weighted by Gasteiger charge is 2.35. The third-order valence-electron chi connectivity index (χ3n) is 5.78. The van der Waals surface area contributed by atoms with Gasteiger partial charge in [-0.3, -0.25) is 24.1 Å². The predicted octanol–water partition coefficient (Wildman–Crippen LogP) is 4.30. The largest absolute Gasteiger partial charge is 0.494 e. The Morgan fingerprint density at radius 1 is 0.833 bits per heavy atom. The second-order valence-corrected chi connectivity index (χ2v) is 8.51. The van der Waals surface area contributed by atoms with Crippen LogP contribution in [0, 0.1) is 0 Å². The molecule has 0 fully saturated rings. The lowest BCUT2D eigenvalue weighted by Gasteiger charge is -2.13. The Bertz CT molecular complexity index is 1270. The van der Waals surface area contributed by atoms with Crippen LogP contribution in [-0.2, 0) is 22.6 Å². The van der Waals surface area contributed by atoms with Crippen LogP contribution in [0.25, 0.3) is 0 Å². The number of hydrogen-bond acceptors (Lipinski definition) is 5. The first kappa shape index (κ1) is 24.7. The van der Waals surface area contributed by atoms with Crippen molar-refractivity contribution in [2.24, 2.45) is 0 Å². The summed E-state index contributed by atoms with van der Waals surface area (Å²) in [7, 11) is 0. The average molecular weight is 487 g/mol. The number of fused-ring (bicyclic) bond motifs is 1. The molecule has 184 valence electrons. The van der Waals surface area contributed by atoms with E-state index in [0.29, 0.717) is 36.4 Å². The minimum absolute atomic E-state index is 0.123. The van der Waals surface area contributed by atoms with E-state index in [9.17, 15) is 19.2 Å². The highest BCUT2D eigenvalue weighted by Crippen LogP contribution is 2.27. The van der Waals surface area contributed by atoms with E-state index in [1.54, 1.807) is 42.5 Å². The van der Waals surface area contributed by atoms with Crippen LogP contribution in [0.15, 0.2) is 72.8 Å². The topological polar surface area (TPSA) is 113 Å². The van der Waals surface area contributed by atoms with Gasteiger partial charge in [0, 0.05) is 12.1 Å². The molecule has 0 radical (unpaired) electrons. The number of anilines is 1. The van der Waals surface area contributed by atoms with E-state index < -0.39 is 5.97 Å². The molecule has 0 unspecified atom stereocenters. The van der Waals surface area contributed by atoms with Crippen LogP contribution < -0.4 is 10.1 Å². The van der Waals surface area contributed by atoms with E-state index in [0.717, 1.165) is 11.1 Å². The van der Waals surface area contributed by atoms with E-state index in [1.807, 2.05) is 30.3 Å². The van der Waals surface area contributed by atoms with E-state index in [1.165, 1.54) is 4.90 Å². The van der Waals surface area contributed by atoms with Crippen molar-refractivity contribution in [1.29, 1.82) is 0 Å². The highest BCUT2D eigenvalue weighted by molar-refractivity contribution is 6.21. The summed E-state index contributed by atoms with van der Waals surface area (Å²) in [4.78, 5) is 49.9. The lowest BCUT2D eigenvalue weighted by atomic mass is 10.1. The Hall–Kier alpha value is -4.46. The Kier molecular flexibility index (Phi) is 7.75. The number of nitrogens with zero attached hydrogens (tertiary/aromatic N) is 1. The molecule has 0 saturated heterocycles. The minimum atomic E-state index is -0.817. The molecule has 0 aliphatic carbocycles. The summed E-state index contributed by atoms with van der Waals surface area (Å²) in [6, 6.07) is 21.1. The molecule has 4 rings (SSSR count). The molecule has 3 aromatic carbocycles.